The van der Waals surface area contributed by atoms with Crippen LogP contribution < -0.4 is 10.5 Å². The largest absolute Gasteiger partial charge is 0.504 e. The molecule has 0 aliphatic heterocycles. The van der Waals surface area contributed by atoms with Gasteiger partial charge >= 0.3 is 0 Å². The predicted molar refractivity (Wildman–Crippen MR) is 60.5 cm³/mol. The number of aromatic hydroxyl groups is 1. The topological polar surface area (TPSA) is 75.7 Å². The van der Waals surface area contributed by atoms with Crippen LogP contribution in [-0.4, -0.2) is 23.4 Å². The molecule has 1 atom stereocenters. The predicted octanol–water partition coefficient (Wildman–Crippen LogP) is 1.20. The molecule has 0 saturated carbocycles. The fraction of sp³-hybridized carbons (Fsp3) is 0.400. The highest BCUT2D eigenvalue weighted by molar-refractivity contribution is 5.85. The van der Waals surface area contributed by atoms with E-state index in [1.807, 2.05) is 6.92 Å². The minimum absolute atomic E-state index is 0. The summed E-state index contributed by atoms with van der Waals surface area (Å²) in [5, 5.41) is 18.8. The zero-order chi connectivity index (χ0) is 10.6. The molecule has 0 bridgehead atoms. The number of nitrogens with two attached hydrogens (primary N) is 1. The van der Waals surface area contributed by atoms with Gasteiger partial charge in [-0.15, -0.1) is 12.4 Å². The van der Waals surface area contributed by atoms with Gasteiger partial charge in [-0.05, 0) is 24.6 Å². The molecule has 0 spiro atoms. The van der Waals surface area contributed by atoms with Gasteiger partial charge in [-0.3, -0.25) is 0 Å². The van der Waals surface area contributed by atoms with Gasteiger partial charge in [0.25, 0.3) is 0 Å². The molecule has 0 aliphatic rings. The van der Waals surface area contributed by atoms with Gasteiger partial charge < -0.3 is 20.7 Å². The number of aliphatic hydroxyl groups excluding tert-OH is 1. The van der Waals surface area contributed by atoms with E-state index in [-0.39, 0.29) is 24.7 Å². The van der Waals surface area contributed by atoms with Crippen LogP contribution in [0.15, 0.2) is 18.2 Å². The Morgan fingerprint density at radius 3 is 2.67 bits per heavy atom. The Morgan fingerprint density at radius 2 is 2.13 bits per heavy atom. The lowest BCUT2D eigenvalue weighted by Gasteiger charge is -2.11. The van der Waals surface area contributed by atoms with Crippen molar-refractivity contribution >= 4 is 12.4 Å². The number of aliphatic hydroxyl groups is 1. The van der Waals surface area contributed by atoms with Crippen LogP contribution in [0.5, 0.6) is 11.5 Å². The summed E-state index contributed by atoms with van der Waals surface area (Å²) in [6.45, 7) is 2.44. The van der Waals surface area contributed by atoms with Gasteiger partial charge in [-0.1, -0.05) is 6.07 Å². The molecule has 86 valence electrons. The molecule has 1 aromatic carbocycles. The minimum atomic E-state index is -0.713. The number of benzene rings is 1. The lowest BCUT2D eigenvalue weighted by molar-refractivity contribution is 0.186. The SMILES string of the molecule is CCOc1cc(C(O)CN)ccc1O.Cl. The molecule has 0 heterocycles. The average Bonchev–Trinajstić information content (AvgIpc) is 2.20. The van der Waals surface area contributed by atoms with Gasteiger partial charge in [0.1, 0.15) is 0 Å². The second-order valence-electron chi connectivity index (χ2n) is 2.91. The van der Waals surface area contributed by atoms with E-state index in [0.717, 1.165) is 0 Å². The van der Waals surface area contributed by atoms with E-state index in [9.17, 15) is 10.2 Å². The van der Waals surface area contributed by atoms with Crippen molar-refractivity contribution in [3.05, 3.63) is 23.8 Å². The summed E-state index contributed by atoms with van der Waals surface area (Å²) < 4.78 is 5.17. The average molecular weight is 234 g/mol. The zero-order valence-electron chi connectivity index (χ0n) is 8.51. The maximum atomic E-state index is 9.45. The summed E-state index contributed by atoms with van der Waals surface area (Å²) in [5.74, 6) is 0.442. The molecule has 0 saturated heterocycles. The van der Waals surface area contributed by atoms with Crippen LogP contribution in [0.4, 0.5) is 0 Å². The number of phenolic OH excluding ortho intramolecular Hbond substituents is 1. The molecule has 1 unspecified atom stereocenters. The number of rotatable bonds is 4. The number of phenols is 1. The number of halogens is 1. The van der Waals surface area contributed by atoms with Crippen molar-refractivity contribution in [1.82, 2.24) is 0 Å². The van der Waals surface area contributed by atoms with Crippen LogP contribution in [0.25, 0.3) is 0 Å². The summed E-state index contributed by atoms with van der Waals surface area (Å²) >= 11 is 0. The lowest BCUT2D eigenvalue weighted by atomic mass is 10.1. The first-order valence-corrected chi connectivity index (χ1v) is 4.52. The van der Waals surface area contributed by atoms with Crippen LogP contribution >= 0.6 is 12.4 Å². The Bertz CT molecular complexity index is 307. The van der Waals surface area contributed by atoms with Crippen molar-refractivity contribution in [1.29, 1.82) is 0 Å². The van der Waals surface area contributed by atoms with Gasteiger partial charge in [0.2, 0.25) is 0 Å². The van der Waals surface area contributed by atoms with Gasteiger partial charge in [0.05, 0.1) is 12.7 Å². The van der Waals surface area contributed by atoms with Gasteiger partial charge in [0, 0.05) is 6.54 Å². The van der Waals surface area contributed by atoms with Crippen molar-refractivity contribution in [2.75, 3.05) is 13.2 Å². The second kappa shape index (κ2) is 6.50. The minimum Gasteiger partial charge on any atom is -0.504 e. The summed E-state index contributed by atoms with van der Waals surface area (Å²) in [5.41, 5.74) is 5.96. The highest BCUT2D eigenvalue weighted by Gasteiger charge is 2.09. The number of hydrogen-bond acceptors (Lipinski definition) is 4. The summed E-state index contributed by atoms with van der Waals surface area (Å²) in [7, 11) is 0. The fourth-order valence-electron chi connectivity index (χ4n) is 1.15. The molecule has 0 aromatic heterocycles. The molecule has 0 fully saturated rings. The standard InChI is InChI=1S/C10H15NO3.ClH/c1-2-14-10-5-7(9(13)6-11)3-4-8(10)12;/h3-5,9,12-13H,2,6,11H2,1H3;1H. The maximum absolute atomic E-state index is 9.45. The monoisotopic (exact) mass is 233 g/mol. The molecular weight excluding hydrogens is 218 g/mol. The van der Waals surface area contributed by atoms with Gasteiger partial charge in [-0.2, -0.15) is 0 Å². The Labute approximate surface area is 95.1 Å². The first-order chi connectivity index (χ1) is 6.69. The highest BCUT2D eigenvalue weighted by Crippen LogP contribution is 2.28. The van der Waals surface area contributed by atoms with E-state index in [2.05, 4.69) is 0 Å². The normalized spacial score (nSPS) is 11.7. The smallest absolute Gasteiger partial charge is 0.161 e. The molecule has 0 radical (unpaired) electrons. The first kappa shape index (κ1) is 14.0. The third-order valence-electron chi connectivity index (χ3n) is 1.89. The number of ether oxygens (including phenoxy) is 1. The van der Waals surface area contributed by atoms with Gasteiger partial charge in [0.15, 0.2) is 11.5 Å². The Kier molecular flexibility index (Phi) is 6.08. The van der Waals surface area contributed by atoms with Crippen LogP contribution in [-0.2, 0) is 0 Å². The van der Waals surface area contributed by atoms with E-state index >= 15 is 0 Å². The summed E-state index contributed by atoms with van der Waals surface area (Å²) in [4.78, 5) is 0. The van der Waals surface area contributed by atoms with Crippen LogP contribution in [0.1, 0.15) is 18.6 Å². The van der Waals surface area contributed by atoms with Crippen LogP contribution in [0, 0.1) is 0 Å². The van der Waals surface area contributed by atoms with E-state index in [4.69, 9.17) is 10.5 Å². The first-order valence-electron chi connectivity index (χ1n) is 4.52. The molecule has 4 N–H and O–H groups in total. The fourth-order valence-corrected chi connectivity index (χ4v) is 1.15. The van der Waals surface area contributed by atoms with Crippen LogP contribution in [0.3, 0.4) is 0 Å². The third-order valence-corrected chi connectivity index (χ3v) is 1.89. The molecule has 0 aliphatic carbocycles. The molecule has 4 nitrogen and oxygen atoms in total. The zero-order valence-corrected chi connectivity index (χ0v) is 9.33. The van der Waals surface area contributed by atoms with Crippen molar-refractivity contribution < 1.29 is 14.9 Å². The lowest BCUT2D eigenvalue weighted by Crippen LogP contribution is -2.11. The molecule has 0 amide bonds. The molecule has 15 heavy (non-hydrogen) atoms. The Balaban J connectivity index is 0.00000196. The van der Waals surface area contributed by atoms with E-state index in [0.29, 0.717) is 17.9 Å². The molecule has 5 heteroatoms. The summed E-state index contributed by atoms with van der Waals surface area (Å²) in [6.07, 6.45) is -0.713. The Morgan fingerprint density at radius 1 is 1.47 bits per heavy atom. The highest BCUT2D eigenvalue weighted by atomic mass is 35.5. The third kappa shape index (κ3) is 3.58. The second-order valence-corrected chi connectivity index (χ2v) is 2.91. The molecular formula is C10H16ClNO3. The molecule has 1 aromatic rings. The molecule has 1 rings (SSSR count). The quantitative estimate of drug-likeness (QED) is 0.731. The van der Waals surface area contributed by atoms with Crippen molar-refractivity contribution in [3.8, 4) is 11.5 Å². The van der Waals surface area contributed by atoms with Crippen LogP contribution in [0.2, 0.25) is 0 Å². The van der Waals surface area contributed by atoms with E-state index in [1.165, 1.54) is 6.07 Å². The maximum Gasteiger partial charge on any atom is 0.161 e. The Hall–Kier alpha value is -0.970. The van der Waals surface area contributed by atoms with E-state index < -0.39 is 6.10 Å². The van der Waals surface area contributed by atoms with Crippen molar-refractivity contribution in [2.45, 2.75) is 13.0 Å². The van der Waals surface area contributed by atoms with Crippen molar-refractivity contribution in [2.24, 2.45) is 5.73 Å². The number of hydrogen-bond donors (Lipinski definition) is 3. The van der Waals surface area contributed by atoms with Gasteiger partial charge in [-0.25, -0.2) is 0 Å². The van der Waals surface area contributed by atoms with Crippen molar-refractivity contribution in [3.63, 3.8) is 0 Å². The summed E-state index contributed by atoms with van der Waals surface area (Å²) in [6, 6.07) is 4.70. The van der Waals surface area contributed by atoms with E-state index in [1.54, 1.807) is 12.1 Å².